The molecule has 3 atom stereocenters. The Morgan fingerprint density at radius 2 is 1.76 bits per heavy atom. The average molecular weight is 396 g/mol. The van der Waals surface area contributed by atoms with Crippen LogP contribution in [0.4, 0.5) is 0 Å². The molecule has 1 unspecified atom stereocenters. The molecule has 6 heteroatoms. The van der Waals surface area contributed by atoms with Crippen molar-refractivity contribution in [2.24, 2.45) is 23.7 Å². The van der Waals surface area contributed by atoms with Crippen LogP contribution >= 0.6 is 0 Å². The Labute approximate surface area is 173 Å². The van der Waals surface area contributed by atoms with Gasteiger partial charge in [0.2, 0.25) is 0 Å². The lowest BCUT2D eigenvalue weighted by Crippen LogP contribution is -2.31. The molecular weight excluding hydrogens is 362 g/mol. The number of hydrogen-bond acceptors (Lipinski definition) is 5. The Balaban J connectivity index is 1.12. The lowest BCUT2D eigenvalue weighted by molar-refractivity contribution is 0.0544. The average Bonchev–Trinajstić information content (AvgIpc) is 3.44. The molecule has 4 heterocycles. The second-order valence-electron chi connectivity index (χ2n) is 9.30. The van der Waals surface area contributed by atoms with Gasteiger partial charge in [0, 0.05) is 45.6 Å². The Hall–Kier alpha value is -1.79. The molecule has 0 spiro atoms. The van der Waals surface area contributed by atoms with Crippen molar-refractivity contribution < 1.29 is 4.74 Å². The lowest BCUT2D eigenvalue weighted by atomic mass is 9.98. The predicted octanol–water partition coefficient (Wildman–Crippen LogP) is 3.29. The Morgan fingerprint density at radius 1 is 0.966 bits per heavy atom. The molecule has 0 aromatic carbocycles. The first-order valence-corrected chi connectivity index (χ1v) is 11.4. The van der Waals surface area contributed by atoms with E-state index in [0.29, 0.717) is 0 Å². The van der Waals surface area contributed by atoms with Gasteiger partial charge in [-0.25, -0.2) is 0 Å². The summed E-state index contributed by atoms with van der Waals surface area (Å²) >= 11 is 0. The second kappa shape index (κ2) is 8.52. The summed E-state index contributed by atoms with van der Waals surface area (Å²) in [5.41, 5.74) is 2.91. The number of nitrogens with zero attached hydrogens (tertiary/aromatic N) is 5. The van der Waals surface area contributed by atoms with E-state index in [1.807, 2.05) is 16.9 Å². The third-order valence-electron chi connectivity index (χ3n) is 7.23. The van der Waals surface area contributed by atoms with Crippen LogP contribution in [0.2, 0.25) is 0 Å². The van der Waals surface area contributed by atoms with Crippen LogP contribution < -0.4 is 0 Å². The molecule has 0 N–H and O–H groups in total. The Bertz CT molecular complexity index is 784. The van der Waals surface area contributed by atoms with Gasteiger partial charge in [-0.1, -0.05) is 0 Å². The summed E-state index contributed by atoms with van der Waals surface area (Å²) in [6.45, 7) is 8.81. The van der Waals surface area contributed by atoms with Crippen molar-refractivity contribution in [2.75, 3.05) is 32.8 Å². The minimum atomic E-state index is 0.773. The normalized spacial score (nSPS) is 28.1. The zero-order valence-corrected chi connectivity index (χ0v) is 17.5. The summed E-state index contributed by atoms with van der Waals surface area (Å²) in [4.78, 5) is 2.74. The van der Waals surface area contributed by atoms with Crippen molar-refractivity contribution in [3.8, 4) is 11.4 Å². The molecule has 0 amide bonds. The predicted molar refractivity (Wildman–Crippen MR) is 112 cm³/mol. The number of fused-ring (bicyclic) bond motifs is 1. The summed E-state index contributed by atoms with van der Waals surface area (Å²) in [5.74, 6) is 3.42. The minimum absolute atomic E-state index is 0.773. The number of hydrogen-bond donors (Lipinski definition) is 0. The van der Waals surface area contributed by atoms with Gasteiger partial charge in [0.05, 0.1) is 5.69 Å². The molecule has 2 aromatic heterocycles. The van der Waals surface area contributed by atoms with Gasteiger partial charge in [0.1, 0.15) is 11.4 Å². The van der Waals surface area contributed by atoms with E-state index >= 15 is 0 Å². The van der Waals surface area contributed by atoms with E-state index in [1.54, 1.807) is 0 Å². The topological polar surface area (TPSA) is 56.1 Å². The van der Waals surface area contributed by atoms with Gasteiger partial charge in [0.25, 0.3) is 0 Å². The smallest absolute Gasteiger partial charge is 0.113 e. The van der Waals surface area contributed by atoms with E-state index in [9.17, 15) is 0 Å². The van der Waals surface area contributed by atoms with E-state index < -0.39 is 0 Å². The van der Waals surface area contributed by atoms with Crippen LogP contribution in [0.5, 0.6) is 0 Å². The maximum atomic E-state index is 5.51. The van der Waals surface area contributed by atoms with E-state index in [0.717, 1.165) is 66.9 Å². The maximum absolute atomic E-state index is 5.51. The molecule has 2 saturated heterocycles. The highest BCUT2D eigenvalue weighted by molar-refractivity contribution is 5.52. The number of aromatic nitrogens is 4. The van der Waals surface area contributed by atoms with E-state index in [1.165, 1.54) is 45.3 Å². The van der Waals surface area contributed by atoms with E-state index in [-0.39, 0.29) is 0 Å². The fourth-order valence-corrected chi connectivity index (χ4v) is 5.71. The Kier molecular flexibility index (Phi) is 5.64. The zero-order valence-electron chi connectivity index (χ0n) is 17.5. The first kappa shape index (κ1) is 19.2. The number of aryl methyl sites for hydroxylation is 1. The van der Waals surface area contributed by atoms with Crippen molar-refractivity contribution >= 4 is 0 Å². The third-order valence-corrected chi connectivity index (χ3v) is 7.23. The maximum Gasteiger partial charge on any atom is 0.113 e. The van der Waals surface area contributed by atoms with Gasteiger partial charge in [-0.05, 0) is 80.9 Å². The van der Waals surface area contributed by atoms with Crippen molar-refractivity contribution in [3.05, 3.63) is 30.1 Å². The van der Waals surface area contributed by atoms with Gasteiger partial charge in [-0.3, -0.25) is 4.68 Å². The molecule has 29 heavy (non-hydrogen) atoms. The number of likely N-dealkylation sites (tertiary alicyclic amines) is 1. The van der Waals surface area contributed by atoms with Gasteiger partial charge in [-0.2, -0.15) is 10.2 Å². The highest BCUT2D eigenvalue weighted by atomic mass is 16.5. The minimum Gasteiger partial charge on any atom is -0.381 e. The largest absolute Gasteiger partial charge is 0.381 e. The monoisotopic (exact) mass is 395 g/mol. The molecular formula is C23H33N5O. The van der Waals surface area contributed by atoms with E-state index in [2.05, 4.69) is 39.3 Å². The van der Waals surface area contributed by atoms with Crippen molar-refractivity contribution in [1.29, 1.82) is 0 Å². The molecule has 2 aliphatic heterocycles. The van der Waals surface area contributed by atoms with Crippen LogP contribution in [0.1, 0.15) is 38.3 Å². The van der Waals surface area contributed by atoms with Crippen LogP contribution in [0.25, 0.3) is 11.4 Å². The van der Waals surface area contributed by atoms with Gasteiger partial charge < -0.3 is 9.64 Å². The van der Waals surface area contributed by atoms with Crippen molar-refractivity contribution in [3.63, 3.8) is 0 Å². The van der Waals surface area contributed by atoms with Gasteiger partial charge in [0.15, 0.2) is 0 Å². The third kappa shape index (κ3) is 4.38. The molecule has 5 rings (SSSR count). The molecule has 1 aliphatic carbocycles. The molecule has 0 radical (unpaired) electrons. The Morgan fingerprint density at radius 3 is 2.41 bits per heavy atom. The van der Waals surface area contributed by atoms with Gasteiger partial charge >= 0.3 is 0 Å². The van der Waals surface area contributed by atoms with E-state index in [4.69, 9.17) is 4.74 Å². The molecule has 1 saturated carbocycles. The highest BCUT2D eigenvalue weighted by Crippen LogP contribution is 2.43. The lowest BCUT2D eigenvalue weighted by Gasteiger charge is -2.27. The molecule has 156 valence electrons. The van der Waals surface area contributed by atoms with Crippen LogP contribution in [0.15, 0.2) is 24.4 Å². The van der Waals surface area contributed by atoms with Crippen LogP contribution in [-0.2, 0) is 17.7 Å². The van der Waals surface area contributed by atoms with Gasteiger partial charge in [-0.15, -0.1) is 5.10 Å². The molecule has 2 aromatic rings. The second-order valence-corrected chi connectivity index (χ2v) is 9.30. The number of ether oxygens (including phenoxy) is 1. The summed E-state index contributed by atoms with van der Waals surface area (Å²) in [6, 6.07) is 6.24. The molecule has 0 bridgehead atoms. The zero-order chi connectivity index (χ0) is 19.6. The fraction of sp³-hybridized carbons (Fsp3) is 0.696. The first-order valence-electron chi connectivity index (χ1n) is 11.4. The standard InChI is InChI=1S/C23H33N5O/c1-2-28-8-5-23(26-28)22-4-3-21(24-25-22)13-18-11-19-15-27(16-20(19)12-18)14-17-6-9-29-10-7-17/h3-5,8,17-20H,2,6-7,9-16H2,1H3/t18?,19-,20+. The van der Waals surface area contributed by atoms with Crippen LogP contribution in [0, 0.1) is 23.7 Å². The first-order chi connectivity index (χ1) is 14.3. The molecule has 3 fully saturated rings. The highest BCUT2D eigenvalue weighted by Gasteiger charge is 2.41. The summed E-state index contributed by atoms with van der Waals surface area (Å²) in [6.07, 6.45) is 8.29. The van der Waals surface area contributed by atoms with Crippen molar-refractivity contribution in [1.82, 2.24) is 24.9 Å². The fourth-order valence-electron chi connectivity index (χ4n) is 5.71. The van der Waals surface area contributed by atoms with Crippen molar-refractivity contribution in [2.45, 2.75) is 45.6 Å². The quantitative estimate of drug-likeness (QED) is 0.751. The summed E-state index contributed by atoms with van der Waals surface area (Å²) < 4.78 is 7.44. The number of rotatable bonds is 6. The van der Waals surface area contributed by atoms with Crippen LogP contribution in [0.3, 0.4) is 0 Å². The summed E-state index contributed by atoms with van der Waals surface area (Å²) in [7, 11) is 0. The van der Waals surface area contributed by atoms with Crippen LogP contribution in [-0.4, -0.2) is 57.7 Å². The molecule has 3 aliphatic rings. The SMILES string of the molecule is CCn1ccc(-c2ccc(CC3C[C@@H]4CN(CC5CCOCC5)C[C@@H]4C3)nn2)n1. The summed E-state index contributed by atoms with van der Waals surface area (Å²) in [5, 5.41) is 13.5. The molecule has 6 nitrogen and oxygen atoms in total.